The number of piperidine rings is 1. The zero-order valence-corrected chi connectivity index (χ0v) is 11.7. The third-order valence-corrected chi connectivity index (χ3v) is 3.59. The van der Waals surface area contributed by atoms with E-state index in [1.807, 2.05) is 4.90 Å². The number of hydrogen-bond acceptors (Lipinski definition) is 4. The molecule has 2 rings (SSSR count). The Balaban J connectivity index is 1.81. The van der Waals surface area contributed by atoms with E-state index in [2.05, 4.69) is 12.1 Å². The summed E-state index contributed by atoms with van der Waals surface area (Å²) in [6, 6.07) is 7.04. The smallest absolute Gasteiger partial charge is 0.260 e. The number of carbonyl (C=O) groups is 1. The van der Waals surface area contributed by atoms with Crippen molar-refractivity contribution in [2.45, 2.75) is 19.8 Å². The van der Waals surface area contributed by atoms with E-state index in [1.54, 1.807) is 24.3 Å². The summed E-state index contributed by atoms with van der Waals surface area (Å²) in [7, 11) is 0. The second-order valence-corrected chi connectivity index (χ2v) is 5.17. The van der Waals surface area contributed by atoms with Crippen LogP contribution in [0, 0.1) is 5.92 Å². The van der Waals surface area contributed by atoms with Crippen molar-refractivity contribution >= 4 is 12.1 Å². The highest BCUT2D eigenvalue weighted by molar-refractivity contribution is 5.79. The van der Waals surface area contributed by atoms with E-state index in [0.717, 1.165) is 31.5 Å². The number of likely N-dealkylation sites (tertiary alicyclic amines) is 1. The van der Waals surface area contributed by atoms with Crippen LogP contribution in [0.25, 0.3) is 0 Å². The van der Waals surface area contributed by atoms with E-state index in [1.165, 1.54) is 6.21 Å². The summed E-state index contributed by atoms with van der Waals surface area (Å²) in [5.74, 6) is 1.39. The minimum atomic E-state index is 0.0397. The second-order valence-electron chi connectivity index (χ2n) is 5.17. The minimum Gasteiger partial charge on any atom is -0.484 e. The van der Waals surface area contributed by atoms with Crippen LogP contribution in [-0.2, 0) is 4.79 Å². The maximum absolute atomic E-state index is 12.0. The van der Waals surface area contributed by atoms with E-state index in [0.29, 0.717) is 11.7 Å². The summed E-state index contributed by atoms with van der Waals surface area (Å²) in [4.78, 5) is 13.9. The molecule has 0 aromatic heterocycles. The lowest BCUT2D eigenvalue weighted by Crippen LogP contribution is -2.40. The predicted octanol–water partition coefficient (Wildman–Crippen LogP) is 2.13. The van der Waals surface area contributed by atoms with Gasteiger partial charge in [-0.05, 0) is 48.6 Å². The van der Waals surface area contributed by atoms with E-state index in [9.17, 15) is 4.79 Å². The summed E-state index contributed by atoms with van der Waals surface area (Å²) in [5, 5.41) is 11.4. The first kappa shape index (κ1) is 14.4. The zero-order valence-electron chi connectivity index (χ0n) is 11.7. The molecule has 108 valence electrons. The van der Waals surface area contributed by atoms with Gasteiger partial charge in [0.15, 0.2) is 6.61 Å². The molecule has 0 bridgehead atoms. The fraction of sp³-hybridized carbons (Fsp3) is 0.467. The molecule has 1 fully saturated rings. The lowest BCUT2D eigenvalue weighted by molar-refractivity contribution is -0.134. The monoisotopic (exact) mass is 276 g/mol. The molecule has 0 aliphatic carbocycles. The van der Waals surface area contributed by atoms with Gasteiger partial charge in [0, 0.05) is 13.1 Å². The Bertz CT molecular complexity index is 463. The molecule has 0 spiro atoms. The highest BCUT2D eigenvalue weighted by Gasteiger charge is 2.20. The number of amides is 1. The predicted molar refractivity (Wildman–Crippen MR) is 76.3 cm³/mol. The van der Waals surface area contributed by atoms with Crippen molar-refractivity contribution in [3.05, 3.63) is 29.8 Å². The van der Waals surface area contributed by atoms with Gasteiger partial charge in [-0.1, -0.05) is 12.1 Å². The molecule has 0 unspecified atom stereocenters. The molecular weight excluding hydrogens is 256 g/mol. The fourth-order valence-electron chi connectivity index (χ4n) is 2.21. The zero-order chi connectivity index (χ0) is 14.4. The molecule has 1 saturated heterocycles. The number of benzene rings is 1. The van der Waals surface area contributed by atoms with Crippen LogP contribution in [0.5, 0.6) is 5.75 Å². The first-order chi connectivity index (χ1) is 9.69. The molecule has 1 aromatic rings. The maximum atomic E-state index is 12.0. The average Bonchev–Trinajstić information content (AvgIpc) is 2.47. The van der Waals surface area contributed by atoms with E-state index in [-0.39, 0.29) is 12.5 Å². The average molecular weight is 276 g/mol. The minimum absolute atomic E-state index is 0.0397. The Morgan fingerprint density at radius 2 is 2.05 bits per heavy atom. The third kappa shape index (κ3) is 3.98. The van der Waals surface area contributed by atoms with Crippen LogP contribution in [0.4, 0.5) is 0 Å². The molecule has 1 aliphatic heterocycles. The molecule has 0 saturated carbocycles. The molecule has 5 heteroatoms. The molecule has 1 N–H and O–H groups in total. The van der Waals surface area contributed by atoms with Crippen LogP contribution in [0.1, 0.15) is 25.3 Å². The van der Waals surface area contributed by atoms with Crippen LogP contribution >= 0.6 is 0 Å². The van der Waals surface area contributed by atoms with E-state index < -0.39 is 0 Å². The van der Waals surface area contributed by atoms with Crippen molar-refractivity contribution in [1.82, 2.24) is 4.90 Å². The summed E-state index contributed by atoms with van der Waals surface area (Å²) in [6.07, 6.45) is 3.48. The highest BCUT2D eigenvalue weighted by atomic mass is 16.5. The van der Waals surface area contributed by atoms with Gasteiger partial charge < -0.3 is 14.8 Å². The molecule has 1 aliphatic rings. The number of nitrogens with zero attached hydrogens (tertiary/aromatic N) is 2. The number of rotatable bonds is 4. The topological polar surface area (TPSA) is 62.1 Å². The highest BCUT2D eigenvalue weighted by Crippen LogP contribution is 2.16. The van der Waals surface area contributed by atoms with Crippen molar-refractivity contribution in [1.29, 1.82) is 0 Å². The first-order valence-electron chi connectivity index (χ1n) is 6.87. The third-order valence-electron chi connectivity index (χ3n) is 3.59. The molecule has 1 aromatic carbocycles. The van der Waals surface area contributed by atoms with Crippen LogP contribution < -0.4 is 4.74 Å². The Morgan fingerprint density at radius 1 is 1.40 bits per heavy atom. The second kappa shape index (κ2) is 6.93. The van der Waals surface area contributed by atoms with Crippen molar-refractivity contribution < 1.29 is 14.7 Å². The quantitative estimate of drug-likeness (QED) is 0.520. The van der Waals surface area contributed by atoms with Gasteiger partial charge in [-0.3, -0.25) is 4.79 Å². The molecule has 0 atom stereocenters. The molecule has 1 heterocycles. The maximum Gasteiger partial charge on any atom is 0.260 e. The van der Waals surface area contributed by atoms with E-state index in [4.69, 9.17) is 9.94 Å². The van der Waals surface area contributed by atoms with Gasteiger partial charge in [-0.25, -0.2) is 0 Å². The van der Waals surface area contributed by atoms with Crippen molar-refractivity contribution in [3.8, 4) is 5.75 Å². The number of oxime groups is 1. The fourth-order valence-corrected chi connectivity index (χ4v) is 2.21. The largest absolute Gasteiger partial charge is 0.484 e. The van der Waals surface area contributed by atoms with Gasteiger partial charge in [0.1, 0.15) is 5.75 Å². The van der Waals surface area contributed by atoms with Crippen molar-refractivity contribution in [3.63, 3.8) is 0 Å². The number of ether oxygens (including phenoxy) is 1. The first-order valence-corrected chi connectivity index (χ1v) is 6.87. The van der Waals surface area contributed by atoms with Gasteiger partial charge in [0.2, 0.25) is 0 Å². The molecule has 1 amide bonds. The summed E-state index contributed by atoms with van der Waals surface area (Å²) < 4.78 is 5.48. The Labute approximate surface area is 118 Å². The lowest BCUT2D eigenvalue weighted by Gasteiger charge is -2.30. The van der Waals surface area contributed by atoms with Crippen LogP contribution in [0.2, 0.25) is 0 Å². The Kier molecular flexibility index (Phi) is 4.98. The van der Waals surface area contributed by atoms with Gasteiger partial charge in [-0.15, -0.1) is 0 Å². The van der Waals surface area contributed by atoms with E-state index >= 15 is 0 Å². The van der Waals surface area contributed by atoms with Crippen molar-refractivity contribution in [2.24, 2.45) is 11.1 Å². The molecule has 20 heavy (non-hydrogen) atoms. The summed E-state index contributed by atoms with van der Waals surface area (Å²) in [5.41, 5.74) is 0.774. The Morgan fingerprint density at radius 3 is 2.65 bits per heavy atom. The van der Waals surface area contributed by atoms with Gasteiger partial charge in [-0.2, -0.15) is 0 Å². The molecule has 5 nitrogen and oxygen atoms in total. The van der Waals surface area contributed by atoms with Crippen molar-refractivity contribution in [2.75, 3.05) is 19.7 Å². The van der Waals surface area contributed by atoms with Crippen LogP contribution in [0.3, 0.4) is 0 Å². The van der Waals surface area contributed by atoms with Gasteiger partial charge >= 0.3 is 0 Å². The summed E-state index contributed by atoms with van der Waals surface area (Å²) in [6.45, 7) is 3.95. The molecular formula is C15H20N2O3. The standard InChI is InChI=1S/C15H20N2O3/c1-12-6-8-17(9-7-12)15(18)11-20-14-4-2-13(3-5-14)10-16-19/h2-5,10,12,19H,6-9,11H2,1H3/b16-10-. The lowest BCUT2D eigenvalue weighted by atomic mass is 9.99. The van der Waals surface area contributed by atoms with Crippen LogP contribution in [-0.4, -0.2) is 41.9 Å². The number of hydrogen-bond donors (Lipinski definition) is 1. The Hall–Kier alpha value is -2.04. The SMILES string of the molecule is CC1CCN(C(=O)COc2ccc(/C=N\O)cc2)CC1. The summed E-state index contributed by atoms with van der Waals surface area (Å²) >= 11 is 0. The normalized spacial score (nSPS) is 16.6. The van der Waals surface area contributed by atoms with Gasteiger partial charge in [0.25, 0.3) is 5.91 Å². The van der Waals surface area contributed by atoms with Crippen LogP contribution in [0.15, 0.2) is 29.4 Å². The van der Waals surface area contributed by atoms with Gasteiger partial charge in [0.05, 0.1) is 6.21 Å². The number of carbonyl (C=O) groups excluding carboxylic acids is 1. The molecule has 0 radical (unpaired) electrons.